The molecule has 1 saturated carbocycles. The van der Waals surface area contributed by atoms with Gasteiger partial charge in [-0.3, -0.25) is 9.59 Å². The van der Waals surface area contributed by atoms with Gasteiger partial charge in [-0.2, -0.15) is 0 Å². The van der Waals surface area contributed by atoms with Crippen molar-refractivity contribution >= 4 is 23.6 Å². The predicted octanol–water partition coefficient (Wildman–Crippen LogP) is 2.78. The van der Waals surface area contributed by atoms with Crippen molar-refractivity contribution in [1.82, 2.24) is 5.32 Å². The zero-order valence-corrected chi connectivity index (χ0v) is 12.3. The molecule has 0 spiro atoms. The fourth-order valence-corrected chi connectivity index (χ4v) is 3.24. The van der Waals surface area contributed by atoms with Crippen LogP contribution in [0.15, 0.2) is 29.2 Å². The maximum atomic E-state index is 12.3. The average molecular weight is 293 g/mol. The summed E-state index contributed by atoms with van der Waals surface area (Å²) in [5.74, 6) is -1.19. The minimum Gasteiger partial charge on any atom is -0.481 e. The van der Waals surface area contributed by atoms with Gasteiger partial charge in [0, 0.05) is 10.9 Å². The van der Waals surface area contributed by atoms with E-state index in [2.05, 4.69) is 5.32 Å². The van der Waals surface area contributed by atoms with Crippen molar-refractivity contribution in [2.75, 3.05) is 6.26 Å². The largest absolute Gasteiger partial charge is 0.481 e. The molecule has 1 aliphatic carbocycles. The Balaban J connectivity index is 2.02. The van der Waals surface area contributed by atoms with Gasteiger partial charge in [0.1, 0.15) is 0 Å². The number of carbonyl (C=O) groups excluding carboxylic acids is 1. The van der Waals surface area contributed by atoms with E-state index in [9.17, 15) is 9.59 Å². The van der Waals surface area contributed by atoms with Gasteiger partial charge in [-0.15, -0.1) is 11.8 Å². The van der Waals surface area contributed by atoms with Gasteiger partial charge in [-0.25, -0.2) is 0 Å². The van der Waals surface area contributed by atoms with Crippen molar-refractivity contribution in [2.24, 2.45) is 5.92 Å². The number of rotatable bonds is 4. The fourth-order valence-electron chi connectivity index (χ4n) is 2.64. The van der Waals surface area contributed by atoms with Gasteiger partial charge in [0.25, 0.3) is 5.91 Å². The maximum Gasteiger partial charge on any atom is 0.306 e. The lowest BCUT2D eigenvalue weighted by atomic mass is 9.85. The molecule has 1 fully saturated rings. The summed E-state index contributed by atoms with van der Waals surface area (Å²) in [5.41, 5.74) is 0.664. The minimum absolute atomic E-state index is 0.0349. The second-order valence-corrected chi connectivity index (χ2v) is 5.92. The molecule has 2 rings (SSSR count). The normalized spacial score (nSPS) is 22.2. The third-order valence-electron chi connectivity index (χ3n) is 3.71. The number of amides is 1. The van der Waals surface area contributed by atoms with Crippen LogP contribution in [0.4, 0.5) is 0 Å². The Morgan fingerprint density at radius 1 is 1.30 bits per heavy atom. The molecular weight excluding hydrogens is 274 g/mol. The first kappa shape index (κ1) is 14.9. The molecule has 2 N–H and O–H groups in total. The second kappa shape index (κ2) is 6.79. The highest BCUT2D eigenvalue weighted by molar-refractivity contribution is 7.98. The smallest absolute Gasteiger partial charge is 0.306 e. The highest BCUT2D eigenvalue weighted by atomic mass is 32.2. The zero-order valence-electron chi connectivity index (χ0n) is 11.5. The highest BCUT2D eigenvalue weighted by Crippen LogP contribution is 2.25. The third kappa shape index (κ3) is 3.54. The van der Waals surface area contributed by atoms with Crippen LogP contribution in [0.2, 0.25) is 0 Å². The summed E-state index contributed by atoms with van der Waals surface area (Å²) < 4.78 is 0. The summed E-state index contributed by atoms with van der Waals surface area (Å²) in [6.07, 6.45) is 4.89. The molecule has 20 heavy (non-hydrogen) atoms. The Morgan fingerprint density at radius 3 is 2.75 bits per heavy atom. The van der Waals surface area contributed by atoms with Gasteiger partial charge in [-0.05, 0) is 37.7 Å². The molecule has 0 aromatic heterocycles. The number of carboxylic acid groups (broad SMARTS) is 1. The van der Waals surface area contributed by atoms with Gasteiger partial charge in [0.15, 0.2) is 0 Å². The topological polar surface area (TPSA) is 66.4 Å². The summed E-state index contributed by atoms with van der Waals surface area (Å²) in [5, 5.41) is 12.1. The van der Waals surface area contributed by atoms with Crippen LogP contribution in [0.3, 0.4) is 0 Å². The fraction of sp³-hybridized carbons (Fsp3) is 0.467. The van der Waals surface area contributed by atoms with E-state index in [0.29, 0.717) is 18.4 Å². The summed E-state index contributed by atoms with van der Waals surface area (Å²) in [7, 11) is 0. The van der Waals surface area contributed by atoms with E-state index in [-0.39, 0.29) is 17.9 Å². The molecule has 2 unspecified atom stereocenters. The number of nitrogens with one attached hydrogen (secondary N) is 1. The summed E-state index contributed by atoms with van der Waals surface area (Å²) in [6, 6.07) is 7.44. The number of aliphatic carboxylic acids is 1. The Hall–Kier alpha value is -1.49. The van der Waals surface area contributed by atoms with Crippen molar-refractivity contribution in [1.29, 1.82) is 0 Å². The van der Waals surface area contributed by atoms with E-state index in [0.717, 1.165) is 17.7 Å². The van der Waals surface area contributed by atoms with Crippen LogP contribution in [-0.4, -0.2) is 29.3 Å². The number of hydrogen-bond acceptors (Lipinski definition) is 3. The van der Waals surface area contributed by atoms with Crippen LogP contribution >= 0.6 is 11.8 Å². The molecule has 2 atom stereocenters. The van der Waals surface area contributed by atoms with Crippen molar-refractivity contribution in [3.05, 3.63) is 29.8 Å². The lowest BCUT2D eigenvalue weighted by Gasteiger charge is -2.27. The number of hydrogen-bond donors (Lipinski definition) is 2. The number of thioether (sulfide) groups is 1. The van der Waals surface area contributed by atoms with Gasteiger partial charge < -0.3 is 10.4 Å². The molecule has 1 amide bonds. The number of benzene rings is 1. The van der Waals surface area contributed by atoms with E-state index in [4.69, 9.17) is 5.11 Å². The first-order valence-corrected chi connectivity index (χ1v) is 8.01. The van der Waals surface area contributed by atoms with Crippen molar-refractivity contribution in [3.63, 3.8) is 0 Å². The van der Waals surface area contributed by atoms with E-state index >= 15 is 0 Å². The van der Waals surface area contributed by atoms with E-state index in [1.165, 1.54) is 11.8 Å². The van der Waals surface area contributed by atoms with Gasteiger partial charge >= 0.3 is 5.97 Å². The quantitative estimate of drug-likeness (QED) is 0.838. The van der Waals surface area contributed by atoms with Gasteiger partial charge in [-0.1, -0.05) is 18.6 Å². The Labute approximate surface area is 123 Å². The molecular formula is C15H19NO3S. The lowest BCUT2D eigenvalue weighted by molar-refractivity contribution is -0.143. The summed E-state index contributed by atoms with van der Waals surface area (Å²) >= 11 is 1.54. The zero-order chi connectivity index (χ0) is 14.5. The molecule has 1 aromatic carbocycles. The Bertz CT molecular complexity index is 504. The van der Waals surface area contributed by atoms with Crippen molar-refractivity contribution < 1.29 is 14.7 Å². The predicted molar refractivity (Wildman–Crippen MR) is 79.1 cm³/mol. The molecule has 0 heterocycles. The monoisotopic (exact) mass is 293 g/mol. The minimum atomic E-state index is -0.756. The van der Waals surface area contributed by atoms with Crippen LogP contribution in [0.1, 0.15) is 36.0 Å². The van der Waals surface area contributed by atoms with E-state index in [1.807, 2.05) is 24.5 Å². The van der Waals surface area contributed by atoms with Crippen LogP contribution < -0.4 is 5.32 Å². The third-order valence-corrected chi connectivity index (χ3v) is 4.51. The molecule has 5 heteroatoms. The number of carboxylic acids is 1. The van der Waals surface area contributed by atoms with Crippen LogP contribution in [0, 0.1) is 5.92 Å². The first-order valence-electron chi connectivity index (χ1n) is 6.78. The lowest BCUT2D eigenvalue weighted by Crippen LogP contribution is -2.40. The van der Waals surface area contributed by atoms with E-state index < -0.39 is 5.97 Å². The molecule has 1 aromatic rings. The number of carbonyl (C=O) groups is 2. The highest BCUT2D eigenvalue weighted by Gasteiger charge is 2.28. The summed E-state index contributed by atoms with van der Waals surface area (Å²) in [4.78, 5) is 24.3. The van der Waals surface area contributed by atoms with Gasteiger partial charge in [0.05, 0.1) is 11.5 Å². The first-order chi connectivity index (χ1) is 9.61. The Morgan fingerprint density at radius 2 is 2.05 bits per heavy atom. The molecule has 0 radical (unpaired) electrons. The summed E-state index contributed by atoms with van der Waals surface area (Å²) in [6.45, 7) is 0. The molecule has 0 aliphatic heterocycles. The van der Waals surface area contributed by atoms with Crippen molar-refractivity contribution in [3.8, 4) is 0 Å². The second-order valence-electron chi connectivity index (χ2n) is 5.07. The molecule has 108 valence electrons. The average Bonchev–Trinajstić information content (AvgIpc) is 2.47. The SMILES string of the molecule is CSc1ccccc1C(=O)NC1CCCC(C(=O)O)C1. The standard InChI is InChI=1S/C15H19NO3S/c1-20-13-8-3-2-7-12(13)14(17)16-11-6-4-5-10(9-11)15(18)19/h2-3,7-8,10-11H,4-6,9H2,1H3,(H,16,17)(H,18,19). The maximum absolute atomic E-state index is 12.3. The van der Waals surface area contributed by atoms with Crippen LogP contribution in [0.5, 0.6) is 0 Å². The van der Waals surface area contributed by atoms with Crippen molar-refractivity contribution in [2.45, 2.75) is 36.6 Å². The molecule has 0 bridgehead atoms. The van der Waals surface area contributed by atoms with E-state index in [1.54, 1.807) is 6.07 Å². The Kier molecular flexibility index (Phi) is 5.06. The van der Waals surface area contributed by atoms with Gasteiger partial charge in [0.2, 0.25) is 0 Å². The molecule has 1 aliphatic rings. The molecule has 0 saturated heterocycles. The van der Waals surface area contributed by atoms with Crippen LogP contribution in [0.25, 0.3) is 0 Å². The van der Waals surface area contributed by atoms with Crippen LogP contribution in [-0.2, 0) is 4.79 Å². The molecule has 4 nitrogen and oxygen atoms in total.